The van der Waals surface area contributed by atoms with Crippen LogP contribution in [0.25, 0.3) is 33.1 Å². The molecule has 29 heavy (non-hydrogen) atoms. The molecule has 0 fully saturated rings. The first-order valence-electron chi connectivity index (χ1n) is 8.93. The Bertz CT molecular complexity index is 1390. The molecule has 0 radical (unpaired) electrons. The molecule has 3 aromatic heterocycles. The fourth-order valence-electron chi connectivity index (χ4n) is 3.43. The summed E-state index contributed by atoms with van der Waals surface area (Å²) < 4.78 is 28.2. The van der Waals surface area contributed by atoms with Crippen LogP contribution in [0.4, 0.5) is 8.78 Å². The molecule has 4 nitrogen and oxygen atoms in total. The molecular weight excluding hydrogens is 372 g/mol. The van der Waals surface area contributed by atoms with Gasteiger partial charge >= 0.3 is 0 Å². The number of benzene rings is 2. The molecular formula is C23H13F2N3O. The monoisotopic (exact) mass is 385 g/mol. The van der Waals surface area contributed by atoms with E-state index >= 15 is 0 Å². The molecule has 2 aromatic carbocycles. The van der Waals surface area contributed by atoms with Crippen LogP contribution in [0, 0.1) is 11.6 Å². The van der Waals surface area contributed by atoms with Gasteiger partial charge in [-0.15, -0.1) is 0 Å². The number of halogens is 2. The second kappa shape index (κ2) is 6.60. The van der Waals surface area contributed by atoms with Gasteiger partial charge < -0.3 is 4.98 Å². The quantitative estimate of drug-likeness (QED) is 0.430. The van der Waals surface area contributed by atoms with E-state index in [1.54, 1.807) is 18.5 Å². The van der Waals surface area contributed by atoms with Crippen LogP contribution in [0.15, 0.2) is 73.2 Å². The highest BCUT2D eigenvalue weighted by Gasteiger charge is 2.22. The third-order valence-corrected chi connectivity index (χ3v) is 4.89. The minimum atomic E-state index is -0.896. The number of para-hydroxylation sites is 1. The number of carbonyl (C=O) groups is 1. The highest BCUT2D eigenvalue weighted by molar-refractivity contribution is 6.16. The van der Waals surface area contributed by atoms with Gasteiger partial charge in [-0.1, -0.05) is 24.3 Å². The summed E-state index contributed by atoms with van der Waals surface area (Å²) in [7, 11) is 0. The number of aromatic amines is 1. The standard InChI is InChI=1S/C23H13F2N3O/c24-18-5-3-6-19(25)21(18)22(29)17-12-28-23-16(17)9-15(11-27-23)14-8-13-4-1-2-7-20(13)26-10-14/h1-12H,(H,27,28). The molecule has 5 rings (SSSR count). The van der Waals surface area contributed by atoms with E-state index in [2.05, 4.69) is 15.0 Å². The average molecular weight is 385 g/mol. The molecule has 3 heterocycles. The molecule has 0 aliphatic heterocycles. The van der Waals surface area contributed by atoms with E-state index in [1.165, 1.54) is 12.3 Å². The summed E-state index contributed by atoms with van der Waals surface area (Å²) in [5.74, 6) is -2.53. The minimum absolute atomic E-state index is 0.159. The van der Waals surface area contributed by atoms with Crippen molar-refractivity contribution in [3.05, 3.63) is 95.9 Å². The van der Waals surface area contributed by atoms with Gasteiger partial charge in [0.1, 0.15) is 17.3 Å². The van der Waals surface area contributed by atoms with Gasteiger partial charge in [-0.05, 0) is 30.3 Å². The predicted molar refractivity (Wildman–Crippen MR) is 107 cm³/mol. The number of aromatic nitrogens is 3. The highest BCUT2D eigenvalue weighted by atomic mass is 19.1. The third kappa shape index (κ3) is 2.86. The molecule has 0 bridgehead atoms. The second-order valence-electron chi connectivity index (χ2n) is 6.66. The Kier molecular flexibility index (Phi) is 3.91. The van der Waals surface area contributed by atoms with E-state index in [-0.39, 0.29) is 5.56 Å². The van der Waals surface area contributed by atoms with Crippen LogP contribution in [0.5, 0.6) is 0 Å². The van der Waals surface area contributed by atoms with Gasteiger partial charge in [0.15, 0.2) is 0 Å². The summed E-state index contributed by atoms with van der Waals surface area (Å²) >= 11 is 0. The molecule has 0 aliphatic carbocycles. The Balaban J connectivity index is 1.64. The maximum Gasteiger partial charge on any atom is 0.201 e. The zero-order valence-electron chi connectivity index (χ0n) is 15.0. The van der Waals surface area contributed by atoms with E-state index in [0.717, 1.165) is 34.2 Å². The van der Waals surface area contributed by atoms with Crippen molar-refractivity contribution in [3.63, 3.8) is 0 Å². The molecule has 0 aliphatic rings. The molecule has 5 aromatic rings. The van der Waals surface area contributed by atoms with Crippen molar-refractivity contribution >= 4 is 27.7 Å². The first-order valence-corrected chi connectivity index (χ1v) is 8.93. The number of hydrogen-bond donors (Lipinski definition) is 1. The highest BCUT2D eigenvalue weighted by Crippen LogP contribution is 2.28. The minimum Gasteiger partial charge on any atom is -0.345 e. The summed E-state index contributed by atoms with van der Waals surface area (Å²) in [5, 5.41) is 1.47. The van der Waals surface area contributed by atoms with Crippen LogP contribution in [-0.2, 0) is 0 Å². The molecule has 0 unspecified atom stereocenters. The zero-order valence-corrected chi connectivity index (χ0v) is 15.0. The molecule has 0 atom stereocenters. The Morgan fingerprint density at radius 3 is 2.41 bits per heavy atom. The number of carbonyl (C=O) groups excluding carboxylic acids is 1. The van der Waals surface area contributed by atoms with Gasteiger partial charge in [-0.2, -0.15) is 0 Å². The van der Waals surface area contributed by atoms with Gasteiger partial charge in [0.25, 0.3) is 0 Å². The average Bonchev–Trinajstić information content (AvgIpc) is 3.16. The van der Waals surface area contributed by atoms with Crippen molar-refractivity contribution in [2.45, 2.75) is 0 Å². The molecule has 0 spiro atoms. The molecule has 0 saturated carbocycles. The fraction of sp³-hybridized carbons (Fsp3) is 0. The Labute approximate surface area is 163 Å². The molecule has 0 amide bonds. The zero-order chi connectivity index (χ0) is 20.0. The normalized spacial score (nSPS) is 11.2. The van der Waals surface area contributed by atoms with Crippen LogP contribution >= 0.6 is 0 Å². The predicted octanol–water partition coefficient (Wildman–Crippen LogP) is 5.29. The summed E-state index contributed by atoms with van der Waals surface area (Å²) in [6.45, 7) is 0. The summed E-state index contributed by atoms with van der Waals surface area (Å²) in [6.07, 6.45) is 4.83. The Hall–Kier alpha value is -3.93. The number of nitrogens with zero attached hydrogens (tertiary/aromatic N) is 2. The summed E-state index contributed by atoms with van der Waals surface area (Å²) in [6, 6.07) is 14.8. The van der Waals surface area contributed by atoms with Crippen LogP contribution in [0.2, 0.25) is 0 Å². The fourth-order valence-corrected chi connectivity index (χ4v) is 3.43. The van der Waals surface area contributed by atoms with E-state index < -0.39 is 23.0 Å². The molecule has 6 heteroatoms. The smallest absolute Gasteiger partial charge is 0.201 e. The third-order valence-electron chi connectivity index (χ3n) is 4.89. The largest absolute Gasteiger partial charge is 0.345 e. The van der Waals surface area contributed by atoms with E-state index in [9.17, 15) is 13.6 Å². The number of ketones is 1. The van der Waals surface area contributed by atoms with Crippen molar-refractivity contribution in [2.75, 3.05) is 0 Å². The van der Waals surface area contributed by atoms with Gasteiger partial charge in [-0.25, -0.2) is 13.8 Å². The van der Waals surface area contributed by atoms with E-state index in [4.69, 9.17) is 0 Å². The van der Waals surface area contributed by atoms with Crippen molar-refractivity contribution in [2.24, 2.45) is 0 Å². The number of nitrogens with one attached hydrogen (secondary N) is 1. The maximum absolute atomic E-state index is 14.1. The first-order chi connectivity index (χ1) is 14.1. The van der Waals surface area contributed by atoms with Crippen LogP contribution < -0.4 is 0 Å². The maximum atomic E-state index is 14.1. The second-order valence-corrected chi connectivity index (χ2v) is 6.66. The lowest BCUT2D eigenvalue weighted by molar-refractivity contribution is 0.103. The van der Waals surface area contributed by atoms with Crippen molar-refractivity contribution in [3.8, 4) is 11.1 Å². The number of rotatable bonds is 3. The Morgan fingerprint density at radius 2 is 1.59 bits per heavy atom. The summed E-state index contributed by atoms with van der Waals surface area (Å²) in [5.41, 5.74) is 2.49. The van der Waals surface area contributed by atoms with E-state index in [1.807, 2.05) is 30.3 Å². The number of hydrogen-bond acceptors (Lipinski definition) is 3. The molecule has 1 N–H and O–H groups in total. The summed E-state index contributed by atoms with van der Waals surface area (Å²) in [4.78, 5) is 24.5. The van der Waals surface area contributed by atoms with Gasteiger partial charge in [0.2, 0.25) is 5.78 Å². The van der Waals surface area contributed by atoms with E-state index in [0.29, 0.717) is 11.0 Å². The van der Waals surface area contributed by atoms with Crippen molar-refractivity contribution < 1.29 is 13.6 Å². The molecule has 0 saturated heterocycles. The van der Waals surface area contributed by atoms with Crippen molar-refractivity contribution in [1.29, 1.82) is 0 Å². The molecule has 140 valence electrons. The number of pyridine rings is 2. The first kappa shape index (κ1) is 17.2. The van der Waals surface area contributed by atoms with Crippen LogP contribution in [0.3, 0.4) is 0 Å². The lowest BCUT2D eigenvalue weighted by Crippen LogP contribution is -2.07. The lowest BCUT2D eigenvalue weighted by atomic mass is 10.0. The van der Waals surface area contributed by atoms with Gasteiger partial charge in [0, 0.05) is 46.1 Å². The van der Waals surface area contributed by atoms with Crippen molar-refractivity contribution in [1.82, 2.24) is 15.0 Å². The van der Waals surface area contributed by atoms with Gasteiger partial charge in [-0.3, -0.25) is 9.78 Å². The van der Waals surface area contributed by atoms with Crippen LogP contribution in [-0.4, -0.2) is 20.7 Å². The number of H-pyrrole nitrogens is 1. The SMILES string of the molecule is O=C(c1c(F)cccc1F)c1c[nH]c2ncc(-c3cnc4ccccc4c3)cc12. The Morgan fingerprint density at radius 1 is 0.862 bits per heavy atom. The van der Waals surface area contributed by atoms with Gasteiger partial charge in [0.05, 0.1) is 11.1 Å². The lowest BCUT2D eigenvalue weighted by Gasteiger charge is -2.05. The topological polar surface area (TPSA) is 58.6 Å². The number of fused-ring (bicyclic) bond motifs is 2. The van der Waals surface area contributed by atoms with Crippen LogP contribution in [0.1, 0.15) is 15.9 Å².